The van der Waals surface area contributed by atoms with Crippen molar-refractivity contribution in [3.63, 3.8) is 0 Å². The summed E-state index contributed by atoms with van der Waals surface area (Å²) in [5.41, 5.74) is 18.2. The minimum atomic E-state index is 0.0425. The Balaban J connectivity index is 1.01. The fourth-order valence-electron chi connectivity index (χ4n) is 11.6. The van der Waals surface area contributed by atoms with Gasteiger partial charge in [-0.2, -0.15) is 0 Å². The highest BCUT2D eigenvalue weighted by atomic mass is 14.9. The lowest BCUT2D eigenvalue weighted by molar-refractivity contribution is 0.353. The van der Waals surface area contributed by atoms with Gasteiger partial charge in [0.1, 0.15) is 0 Å². The Kier molecular flexibility index (Phi) is 9.13. The van der Waals surface area contributed by atoms with E-state index in [0.717, 1.165) is 39.2 Å². The first kappa shape index (κ1) is 38.5. The molecule has 2 heteroatoms. The molecule has 0 atom stereocenters. The molecule has 11 aromatic rings. The fourth-order valence-corrected chi connectivity index (χ4v) is 11.6. The molecule has 1 aromatic heterocycles. The van der Waals surface area contributed by atoms with E-state index in [9.17, 15) is 0 Å². The Morgan fingerprint density at radius 2 is 0.803 bits per heavy atom. The van der Waals surface area contributed by atoms with E-state index >= 15 is 0 Å². The molecule has 0 saturated heterocycles. The molecule has 0 bridgehead atoms. The zero-order valence-corrected chi connectivity index (χ0v) is 36.7. The maximum absolute atomic E-state index is 5.29. The van der Waals surface area contributed by atoms with Gasteiger partial charge in [0.15, 0.2) is 5.82 Å². The maximum atomic E-state index is 5.29. The third kappa shape index (κ3) is 6.24. The third-order valence-corrected chi connectivity index (χ3v) is 14.6. The summed E-state index contributed by atoms with van der Waals surface area (Å²) in [5.74, 6) is 0.707. The first-order chi connectivity index (χ1) is 32.7. The van der Waals surface area contributed by atoms with Crippen molar-refractivity contribution >= 4 is 32.3 Å². The quantitative estimate of drug-likeness (QED) is 0.156. The molecule has 13 rings (SSSR count). The normalized spacial score (nSPS) is 13.9. The molecule has 1 saturated carbocycles. The molecule has 66 heavy (non-hydrogen) atoms. The van der Waals surface area contributed by atoms with Crippen LogP contribution in [0, 0.1) is 0 Å². The van der Waals surface area contributed by atoms with Gasteiger partial charge in [0, 0.05) is 22.1 Å². The molecule has 0 radical (unpaired) electrons. The first-order valence-corrected chi connectivity index (χ1v) is 23.5. The standard InChI is InChI=1S/C64H46N2/c1-4-19-42(20-5-1)44-25-16-26-47(37-44)58-41-59(66-63(65-58)43-21-6-2-7-22-43)48-27-17-28-49(38-48)60-50-29-10-12-31-52(50)61(53-32-13-11-30-51(53)60)54-33-18-34-56-62(54)55-39-45-23-8-9-24-46(45)40-57(55)64(56)35-14-3-15-36-64/h1-2,4-13,16-34,37-41H,3,14-15,35-36H2. The van der Waals surface area contributed by atoms with Gasteiger partial charge < -0.3 is 0 Å². The topological polar surface area (TPSA) is 25.8 Å². The van der Waals surface area contributed by atoms with Crippen molar-refractivity contribution in [2.24, 2.45) is 0 Å². The number of hydrogen-bond acceptors (Lipinski definition) is 2. The predicted octanol–water partition coefficient (Wildman–Crippen LogP) is 17.2. The number of rotatable bonds is 6. The molecule has 0 unspecified atom stereocenters. The second-order valence-electron chi connectivity index (χ2n) is 18.3. The molecule has 2 aliphatic carbocycles. The molecular formula is C64H46N2. The van der Waals surface area contributed by atoms with E-state index in [-0.39, 0.29) is 5.41 Å². The Morgan fingerprint density at radius 3 is 1.45 bits per heavy atom. The Labute approximate surface area is 385 Å². The van der Waals surface area contributed by atoms with Crippen LogP contribution in [0.3, 0.4) is 0 Å². The molecule has 1 spiro atoms. The van der Waals surface area contributed by atoms with Gasteiger partial charge in [-0.05, 0) is 131 Å². The highest BCUT2D eigenvalue weighted by Crippen LogP contribution is 2.60. The largest absolute Gasteiger partial charge is 0.228 e. The number of aromatic nitrogens is 2. The predicted molar refractivity (Wildman–Crippen MR) is 276 cm³/mol. The van der Waals surface area contributed by atoms with Gasteiger partial charge in [0.25, 0.3) is 0 Å². The van der Waals surface area contributed by atoms with Crippen LogP contribution in [0.2, 0.25) is 0 Å². The molecule has 2 aliphatic rings. The molecular weight excluding hydrogens is 797 g/mol. The first-order valence-electron chi connectivity index (χ1n) is 23.5. The van der Waals surface area contributed by atoms with Crippen LogP contribution in [0.4, 0.5) is 0 Å². The fraction of sp³-hybridized carbons (Fsp3) is 0.0938. The lowest BCUT2D eigenvalue weighted by Gasteiger charge is -2.36. The summed E-state index contributed by atoms with van der Waals surface area (Å²) in [6.07, 6.45) is 6.24. The summed E-state index contributed by atoms with van der Waals surface area (Å²) >= 11 is 0. The van der Waals surface area contributed by atoms with Crippen LogP contribution in [0.15, 0.2) is 218 Å². The van der Waals surface area contributed by atoms with Crippen molar-refractivity contribution in [2.75, 3.05) is 0 Å². The number of fused-ring (bicyclic) bond motifs is 8. The summed E-state index contributed by atoms with van der Waals surface area (Å²) in [5, 5.41) is 7.68. The third-order valence-electron chi connectivity index (χ3n) is 14.6. The van der Waals surface area contributed by atoms with E-state index in [1.165, 1.54) is 109 Å². The van der Waals surface area contributed by atoms with Crippen molar-refractivity contribution < 1.29 is 0 Å². The lowest BCUT2D eigenvalue weighted by Crippen LogP contribution is -2.28. The van der Waals surface area contributed by atoms with Crippen molar-refractivity contribution in [3.8, 4) is 78.4 Å². The van der Waals surface area contributed by atoms with Crippen LogP contribution in [-0.2, 0) is 5.41 Å². The summed E-state index contributed by atoms with van der Waals surface area (Å²) in [6, 6.07) is 80.1. The molecule has 10 aromatic carbocycles. The summed E-state index contributed by atoms with van der Waals surface area (Å²) in [4.78, 5) is 10.5. The Hall–Kier alpha value is -7.94. The van der Waals surface area contributed by atoms with E-state index in [1.54, 1.807) is 0 Å². The minimum Gasteiger partial charge on any atom is -0.228 e. The van der Waals surface area contributed by atoms with Crippen LogP contribution >= 0.6 is 0 Å². The molecule has 0 N–H and O–H groups in total. The van der Waals surface area contributed by atoms with Crippen LogP contribution < -0.4 is 0 Å². The van der Waals surface area contributed by atoms with Crippen LogP contribution in [0.5, 0.6) is 0 Å². The van der Waals surface area contributed by atoms with Gasteiger partial charge in [-0.15, -0.1) is 0 Å². The zero-order chi connectivity index (χ0) is 43.6. The van der Waals surface area contributed by atoms with E-state index in [1.807, 2.05) is 6.07 Å². The molecule has 0 amide bonds. The average Bonchev–Trinajstić information content (AvgIpc) is 3.65. The lowest BCUT2D eigenvalue weighted by atomic mass is 9.67. The van der Waals surface area contributed by atoms with Gasteiger partial charge >= 0.3 is 0 Å². The van der Waals surface area contributed by atoms with Crippen molar-refractivity contribution in [2.45, 2.75) is 37.5 Å². The number of benzene rings is 10. The second-order valence-corrected chi connectivity index (χ2v) is 18.3. The summed E-state index contributed by atoms with van der Waals surface area (Å²) in [6.45, 7) is 0. The van der Waals surface area contributed by atoms with Crippen LogP contribution in [-0.4, -0.2) is 9.97 Å². The smallest absolute Gasteiger partial charge is 0.160 e. The van der Waals surface area contributed by atoms with Crippen LogP contribution in [0.1, 0.15) is 43.2 Å². The monoisotopic (exact) mass is 842 g/mol. The van der Waals surface area contributed by atoms with Gasteiger partial charge in [0.2, 0.25) is 0 Å². The molecule has 1 fully saturated rings. The Bertz CT molecular complexity index is 3620. The molecule has 2 nitrogen and oxygen atoms in total. The van der Waals surface area contributed by atoms with Crippen molar-refractivity contribution in [1.82, 2.24) is 9.97 Å². The van der Waals surface area contributed by atoms with Crippen molar-refractivity contribution in [1.29, 1.82) is 0 Å². The highest BCUT2D eigenvalue weighted by molar-refractivity contribution is 6.23. The molecule has 0 aliphatic heterocycles. The van der Waals surface area contributed by atoms with Crippen molar-refractivity contribution in [3.05, 3.63) is 230 Å². The zero-order valence-electron chi connectivity index (χ0n) is 36.7. The SMILES string of the molecule is c1ccc(-c2cccc(-c3cc(-c4cccc(-c5c6ccccc6c(-c6cccc7c6-c6cc8ccccc8cc6C76CCCCC6)c6ccccc56)c4)nc(-c4ccccc4)n3)c2)cc1. The van der Waals surface area contributed by atoms with Gasteiger partial charge in [0.05, 0.1) is 11.4 Å². The average molecular weight is 843 g/mol. The second kappa shape index (κ2) is 15.6. The van der Waals surface area contributed by atoms with Gasteiger partial charge in [-0.3, -0.25) is 0 Å². The highest BCUT2D eigenvalue weighted by Gasteiger charge is 2.45. The van der Waals surface area contributed by atoms with E-state index in [4.69, 9.17) is 9.97 Å². The maximum Gasteiger partial charge on any atom is 0.160 e. The van der Waals surface area contributed by atoms with E-state index < -0.39 is 0 Å². The minimum absolute atomic E-state index is 0.0425. The van der Waals surface area contributed by atoms with E-state index in [0.29, 0.717) is 5.82 Å². The van der Waals surface area contributed by atoms with E-state index in [2.05, 4.69) is 212 Å². The summed E-state index contributed by atoms with van der Waals surface area (Å²) in [7, 11) is 0. The molecule has 312 valence electrons. The number of hydrogen-bond donors (Lipinski definition) is 0. The Morgan fingerprint density at radius 1 is 0.303 bits per heavy atom. The summed E-state index contributed by atoms with van der Waals surface area (Å²) < 4.78 is 0. The number of nitrogens with zero attached hydrogens (tertiary/aromatic N) is 2. The van der Waals surface area contributed by atoms with Gasteiger partial charge in [-0.1, -0.05) is 207 Å². The van der Waals surface area contributed by atoms with Crippen LogP contribution in [0.25, 0.3) is 111 Å². The van der Waals surface area contributed by atoms with Gasteiger partial charge in [-0.25, -0.2) is 9.97 Å². The molecule has 1 heterocycles.